The van der Waals surface area contributed by atoms with Gasteiger partial charge in [0.25, 0.3) is 0 Å². The average Bonchev–Trinajstić information content (AvgIpc) is 2.46. The minimum atomic E-state index is 0.404. The Labute approximate surface area is 117 Å². The number of benzene rings is 2. The molecule has 0 unspecified atom stereocenters. The van der Waals surface area contributed by atoms with Crippen molar-refractivity contribution in [3.63, 3.8) is 0 Å². The fourth-order valence-corrected chi connectivity index (χ4v) is 2.38. The van der Waals surface area contributed by atoms with Crippen molar-refractivity contribution >= 4 is 22.4 Å². The number of rotatable bonds is 2. The van der Waals surface area contributed by atoms with Crippen LogP contribution in [-0.2, 0) is 5.88 Å². The van der Waals surface area contributed by atoms with Gasteiger partial charge in [-0.05, 0) is 23.8 Å². The fourth-order valence-electron chi connectivity index (χ4n) is 2.24. The predicted octanol–water partition coefficient (Wildman–Crippen LogP) is 4.34. The first kappa shape index (κ1) is 12.1. The quantitative estimate of drug-likeness (QED) is 0.646. The second kappa shape index (κ2) is 4.98. The third-order valence-corrected chi connectivity index (χ3v) is 3.35. The third kappa shape index (κ3) is 2.32. The summed E-state index contributed by atoms with van der Waals surface area (Å²) in [6.07, 6.45) is 0. The summed E-state index contributed by atoms with van der Waals surface area (Å²) >= 11 is 5.89. The first-order chi connectivity index (χ1) is 9.28. The molecule has 1 heterocycles. The molecular formula is C16H13ClN2. The molecule has 0 N–H and O–H groups in total. The van der Waals surface area contributed by atoms with E-state index >= 15 is 0 Å². The maximum Gasteiger partial charge on any atom is 0.160 e. The van der Waals surface area contributed by atoms with Crippen molar-refractivity contribution in [3.05, 3.63) is 59.9 Å². The fraction of sp³-hybridized carbons (Fsp3) is 0.125. The van der Waals surface area contributed by atoms with Crippen LogP contribution < -0.4 is 0 Å². The van der Waals surface area contributed by atoms with E-state index in [2.05, 4.69) is 34.2 Å². The lowest BCUT2D eigenvalue weighted by molar-refractivity contribution is 1.05. The van der Waals surface area contributed by atoms with Crippen LogP contribution in [0.3, 0.4) is 0 Å². The Morgan fingerprint density at radius 3 is 2.63 bits per heavy atom. The maximum atomic E-state index is 5.89. The molecule has 0 aliphatic rings. The molecule has 3 heteroatoms. The normalized spacial score (nSPS) is 10.8. The van der Waals surface area contributed by atoms with Crippen LogP contribution in [0.25, 0.3) is 22.2 Å². The van der Waals surface area contributed by atoms with Gasteiger partial charge < -0.3 is 0 Å². The zero-order valence-electron chi connectivity index (χ0n) is 10.6. The molecule has 2 nitrogen and oxygen atoms in total. The van der Waals surface area contributed by atoms with Gasteiger partial charge in [-0.3, -0.25) is 0 Å². The second-order valence-corrected chi connectivity index (χ2v) is 4.75. The Hall–Kier alpha value is -1.93. The van der Waals surface area contributed by atoms with E-state index in [1.165, 1.54) is 5.39 Å². The van der Waals surface area contributed by atoms with E-state index in [0.717, 1.165) is 28.2 Å². The minimum Gasteiger partial charge on any atom is -0.233 e. The van der Waals surface area contributed by atoms with Crippen molar-refractivity contribution in [1.82, 2.24) is 9.97 Å². The molecule has 0 saturated carbocycles. The van der Waals surface area contributed by atoms with Gasteiger partial charge in [0.05, 0.1) is 11.6 Å². The highest BCUT2D eigenvalue weighted by Crippen LogP contribution is 2.26. The Morgan fingerprint density at radius 1 is 1.00 bits per heavy atom. The Bertz CT molecular complexity index is 732. The number of halogens is 1. The van der Waals surface area contributed by atoms with E-state index in [1.54, 1.807) is 0 Å². The molecule has 3 aromatic rings. The highest BCUT2D eigenvalue weighted by Gasteiger charge is 2.08. The molecule has 94 valence electrons. The van der Waals surface area contributed by atoms with Gasteiger partial charge in [-0.15, -0.1) is 11.6 Å². The van der Waals surface area contributed by atoms with E-state index < -0.39 is 0 Å². The van der Waals surface area contributed by atoms with Gasteiger partial charge >= 0.3 is 0 Å². The van der Waals surface area contributed by atoms with Gasteiger partial charge in [-0.2, -0.15) is 0 Å². The summed E-state index contributed by atoms with van der Waals surface area (Å²) in [5, 5.41) is 2.36. The molecule has 0 spiro atoms. The molecule has 0 atom stereocenters. The first-order valence-corrected chi connectivity index (χ1v) is 6.70. The van der Waals surface area contributed by atoms with E-state index in [0.29, 0.717) is 5.88 Å². The van der Waals surface area contributed by atoms with Gasteiger partial charge in [0, 0.05) is 11.3 Å². The molecule has 3 rings (SSSR count). The van der Waals surface area contributed by atoms with Gasteiger partial charge in [0.15, 0.2) is 5.82 Å². The molecule has 0 radical (unpaired) electrons. The van der Waals surface area contributed by atoms with Crippen molar-refractivity contribution in [2.24, 2.45) is 0 Å². The van der Waals surface area contributed by atoms with E-state index in [1.807, 2.05) is 31.2 Å². The third-order valence-electron chi connectivity index (χ3n) is 3.07. The minimum absolute atomic E-state index is 0.404. The molecule has 0 aliphatic heterocycles. The van der Waals surface area contributed by atoms with Gasteiger partial charge in [0.2, 0.25) is 0 Å². The number of aryl methyl sites for hydroxylation is 1. The summed E-state index contributed by atoms with van der Waals surface area (Å²) in [4.78, 5) is 9.06. The van der Waals surface area contributed by atoms with Gasteiger partial charge in [0.1, 0.15) is 0 Å². The Morgan fingerprint density at radius 2 is 1.79 bits per heavy atom. The smallest absolute Gasteiger partial charge is 0.160 e. The zero-order valence-corrected chi connectivity index (χ0v) is 11.4. The van der Waals surface area contributed by atoms with Crippen molar-refractivity contribution < 1.29 is 0 Å². The molecule has 0 amide bonds. The van der Waals surface area contributed by atoms with E-state index in [-0.39, 0.29) is 0 Å². The monoisotopic (exact) mass is 268 g/mol. The Balaban J connectivity index is 2.27. The summed E-state index contributed by atoms with van der Waals surface area (Å²) < 4.78 is 0. The summed E-state index contributed by atoms with van der Waals surface area (Å²) in [5.41, 5.74) is 2.85. The summed E-state index contributed by atoms with van der Waals surface area (Å²) in [6.45, 7) is 1.96. The van der Waals surface area contributed by atoms with Gasteiger partial charge in [-0.25, -0.2) is 9.97 Å². The summed E-state index contributed by atoms with van der Waals surface area (Å²) in [5.74, 6) is 1.15. The highest BCUT2D eigenvalue weighted by atomic mass is 35.5. The SMILES string of the molecule is Cc1cc(CCl)nc(-c2cccc3ccccc23)n1. The maximum absolute atomic E-state index is 5.89. The summed E-state index contributed by atoms with van der Waals surface area (Å²) in [7, 11) is 0. The number of hydrogen-bond acceptors (Lipinski definition) is 2. The Kier molecular flexibility index (Phi) is 3.18. The number of hydrogen-bond donors (Lipinski definition) is 0. The van der Waals surface area contributed by atoms with Crippen LogP contribution in [0.1, 0.15) is 11.4 Å². The molecule has 0 fully saturated rings. The molecule has 0 saturated heterocycles. The zero-order chi connectivity index (χ0) is 13.2. The van der Waals surface area contributed by atoms with Crippen LogP contribution in [0.15, 0.2) is 48.5 Å². The van der Waals surface area contributed by atoms with Crippen molar-refractivity contribution in [1.29, 1.82) is 0 Å². The highest BCUT2D eigenvalue weighted by molar-refractivity contribution is 6.16. The molecule has 0 bridgehead atoms. The standard InChI is InChI=1S/C16H13ClN2/c1-11-9-13(10-17)19-16(18-11)15-8-4-6-12-5-2-3-7-14(12)15/h2-9H,10H2,1H3. The number of fused-ring (bicyclic) bond motifs is 1. The molecule has 0 aliphatic carbocycles. The lowest BCUT2D eigenvalue weighted by atomic mass is 10.0. The van der Waals surface area contributed by atoms with E-state index in [9.17, 15) is 0 Å². The van der Waals surface area contributed by atoms with Crippen molar-refractivity contribution in [2.45, 2.75) is 12.8 Å². The topological polar surface area (TPSA) is 25.8 Å². The predicted molar refractivity (Wildman–Crippen MR) is 79.3 cm³/mol. The number of alkyl halides is 1. The van der Waals surface area contributed by atoms with Crippen LogP contribution in [0.4, 0.5) is 0 Å². The number of aromatic nitrogens is 2. The lowest BCUT2D eigenvalue weighted by Crippen LogP contribution is -1.96. The van der Waals surface area contributed by atoms with Crippen LogP contribution in [0.5, 0.6) is 0 Å². The lowest BCUT2D eigenvalue weighted by Gasteiger charge is -2.07. The number of nitrogens with zero attached hydrogens (tertiary/aromatic N) is 2. The van der Waals surface area contributed by atoms with E-state index in [4.69, 9.17) is 11.6 Å². The average molecular weight is 269 g/mol. The first-order valence-electron chi connectivity index (χ1n) is 6.16. The molecule has 2 aromatic carbocycles. The molecule has 19 heavy (non-hydrogen) atoms. The van der Waals surface area contributed by atoms with Crippen LogP contribution in [0, 0.1) is 6.92 Å². The van der Waals surface area contributed by atoms with Gasteiger partial charge in [-0.1, -0.05) is 42.5 Å². The van der Waals surface area contributed by atoms with Crippen LogP contribution in [-0.4, -0.2) is 9.97 Å². The largest absolute Gasteiger partial charge is 0.233 e. The summed E-state index contributed by atoms with van der Waals surface area (Å²) in [6, 6.07) is 16.4. The molecule has 1 aromatic heterocycles. The van der Waals surface area contributed by atoms with Crippen LogP contribution >= 0.6 is 11.6 Å². The second-order valence-electron chi connectivity index (χ2n) is 4.48. The van der Waals surface area contributed by atoms with Crippen molar-refractivity contribution in [3.8, 4) is 11.4 Å². The van der Waals surface area contributed by atoms with Crippen molar-refractivity contribution in [2.75, 3.05) is 0 Å². The van der Waals surface area contributed by atoms with Crippen LogP contribution in [0.2, 0.25) is 0 Å². The molecular weight excluding hydrogens is 256 g/mol.